The van der Waals surface area contributed by atoms with E-state index in [0.29, 0.717) is 21.1 Å². The van der Waals surface area contributed by atoms with Crippen LogP contribution in [0, 0.1) is 0 Å². The number of aromatic carboxylic acids is 1. The number of anilines is 1. The second-order valence-corrected chi connectivity index (χ2v) is 7.71. The number of nitrogens with zero attached hydrogens (tertiary/aromatic N) is 2. The van der Waals surface area contributed by atoms with Crippen molar-refractivity contribution in [1.82, 2.24) is 9.55 Å². The number of furan rings is 1. The van der Waals surface area contributed by atoms with E-state index < -0.39 is 18.4 Å². The number of imidazole rings is 1. The average molecular weight is 453 g/mol. The Morgan fingerprint density at radius 3 is 2.62 bits per heavy atom. The molecule has 0 bridgehead atoms. The van der Waals surface area contributed by atoms with Crippen LogP contribution in [0.25, 0.3) is 33.4 Å². The molecule has 0 fully saturated rings. The highest BCUT2D eigenvalue weighted by Crippen LogP contribution is 2.38. The molecule has 0 aliphatic heterocycles. The predicted octanol–water partition coefficient (Wildman–Crippen LogP) is 5.86. The van der Waals surface area contributed by atoms with Crippen molar-refractivity contribution in [1.29, 1.82) is 0 Å². The maximum Gasteiger partial charge on any atom is 0.339 e. The van der Waals surface area contributed by atoms with Crippen LogP contribution >= 0.6 is 11.3 Å². The predicted molar refractivity (Wildman–Crippen MR) is 115 cm³/mol. The Hall–Kier alpha value is -4.05. The van der Waals surface area contributed by atoms with Crippen molar-refractivity contribution in [2.75, 3.05) is 5.32 Å². The van der Waals surface area contributed by atoms with Crippen LogP contribution in [0.15, 0.2) is 64.4 Å². The standard InChI is InChI=1S/C22H13F2N3O4S/c23-22(24)27-14-7-3-2-6-13(14)25-18(27)12-10-32-20(17(12)21(29)30)26-19(28)16-9-11-5-1-4-8-15(11)31-16/h1-10,22H,(H,26,28)(H,29,30). The van der Waals surface area contributed by atoms with Gasteiger partial charge >= 0.3 is 12.5 Å². The van der Waals surface area contributed by atoms with E-state index in [-0.39, 0.29) is 33.2 Å². The quantitative estimate of drug-likeness (QED) is 0.348. The molecule has 32 heavy (non-hydrogen) atoms. The SMILES string of the molecule is O=C(Nc1scc(-c2nc3ccccc3n2C(F)F)c1C(=O)O)c1cc2ccccc2o1. The third kappa shape index (κ3) is 3.21. The summed E-state index contributed by atoms with van der Waals surface area (Å²) in [5.41, 5.74) is 0.648. The summed E-state index contributed by atoms with van der Waals surface area (Å²) in [6.45, 7) is -2.94. The number of carbonyl (C=O) groups is 2. The van der Waals surface area contributed by atoms with Gasteiger partial charge in [-0.2, -0.15) is 8.78 Å². The summed E-state index contributed by atoms with van der Waals surface area (Å²) in [5.74, 6) is -2.23. The minimum Gasteiger partial charge on any atom is -0.478 e. The van der Waals surface area contributed by atoms with Crippen LogP contribution in [-0.2, 0) is 0 Å². The minimum atomic E-state index is -2.94. The molecule has 10 heteroatoms. The lowest BCUT2D eigenvalue weighted by Gasteiger charge is -2.08. The van der Waals surface area contributed by atoms with Crippen LogP contribution in [0.4, 0.5) is 13.8 Å². The monoisotopic (exact) mass is 453 g/mol. The lowest BCUT2D eigenvalue weighted by molar-refractivity contribution is 0.0694. The van der Waals surface area contributed by atoms with Gasteiger partial charge in [-0.05, 0) is 24.3 Å². The number of benzene rings is 2. The molecule has 0 radical (unpaired) electrons. The summed E-state index contributed by atoms with van der Waals surface area (Å²) in [7, 11) is 0. The van der Waals surface area contributed by atoms with Crippen LogP contribution in [0.3, 0.4) is 0 Å². The number of rotatable bonds is 5. The first-order chi connectivity index (χ1) is 15.4. The van der Waals surface area contributed by atoms with Gasteiger partial charge in [0.05, 0.1) is 11.0 Å². The number of carbonyl (C=O) groups excluding carboxylic acids is 1. The Balaban J connectivity index is 1.58. The molecule has 7 nitrogen and oxygen atoms in total. The van der Waals surface area contributed by atoms with E-state index in [4.69, 9.17) is 4.42 Å². The van der Waals surface area contributed by atoms with E-state index >= 15 is 0 Å². The van der Waals surface area contributed by atoms with Gasteiger partial charge in [-0.3, -0.25) is 9.36 Å². The molecular weight excluding hydrogens is 440 g/mol. The molecule has 3 aromatic heterocycles. The summed E-state index contributed by atoms with van der Waals surface area (Å²) < 4.78 is 33.9. The van der Waals surface area contributed by atoms with E-state index in [9.17, 15) is 23.5 Å². The first-order valence-electron chi connectivity index (χ1n) is 9.34. The first-order valence-corrected chi connectivity index (χ1v) is 10.2. The molecule has 3 heterocycles. The van der Waals surface area contributed by atoms with Gasteiger partial charge in [0.25, 0.3) is 5.91 Å². The van der Waals surface area contributed by atoms with Crippen LogP contribution in [-0.4, -0.2) is 26.5 Å². The van der Waals surface area contributed by atoms with Crippen molar-refractivity contribution in [3.8, 4) is 11.4 Å². The lowest BCUT2D eigenvalue weighted by atomic mass is 10.1. The van der Waals surface area contributed by atoms with Gasteiger partial charge in [-0.15, -0.1) is 11.3 Å². The smallest absolute Gasteiger partial charge is 0.339 e. The molecule has 160 valence electrons. The molecule has 5 rings (SSSR count). The molecule has 0 saturated carbocycles. The van der Waals surface area contributed by atoms with Crippen LogP contribution < -0.4 is 5.32 Å². The summed E-state index contributed by atoms with van der Waals surface area (Å²) in [4.78, 5) is 28.9. The molecule has 2 aromatic carbocycles. The van der Waals surface area contributed by atoms with Crippen molar-refractivity contribution < 1.29 is 27.9 Å². The molecule has 0 aliphatic rings. The second-order valence-electron chi connectivity index (χ2n) is 6.83. The number of para-hydroxylation sites is 3. The minimum absolute atomic E-state index is 0.00249. The van der Waals surface area contributed by atoms with Gasteiger partial charge in [0.2, 0.25) is 0 Å². The zero-order valence-electron chi connectivity index (χ0n) is 16.1. The third-order valence-corrected chi connectivity index (χ3v) is 5.81. The molecule has 2 N–H and O–H groups in total. The average Bonchev–Trinajstić information content (AvgIpc) is 3.47. The normalized spacial score (nSPS) is 11.5. The van der Waals surface area contributed by atoms with E-state index in [1.54, 1.807) is 42.5 Å². The third-order valence-electron chi connectivity index (χ3n) is 4.91. The summed E-state index contributed by atoms with van der Waals surface area (Å²) in [6.07, 6.45) is 0. The number of carboxylic acid groups (broad SMARTS) is 1. The summed E-state index contributed by atoms with van der Waals surface area (Å²) in [6, 6.07) is 14.9. The fraction of sp³-hybridized carbons (Fsp3) is 0.0455. The number of alkyl halides is 2. The Morgan fingerprint density at radius 2 is 1.88 bits per heavy atom. The molecule has 5 aromatic rings. The molecule has 0 saturated heterocycles. The molecule has 0 unspecified atom stereocenters. The van der Waals surface area contributed by atoms with Crippen molar-refractivity contribution >= 4 is 50.2 Å². The highest BCUT2D eigenvalue weighted by molar-refractivity contribution is 7.15. The topological polar surface area (TPSA) is 97.4 Å². The van der Waals surface area contributed by atoms with E-state index in [1.807, 2.05) is 0 Å². The summed E-state index contributed by atoms with van der Waals surface area (Å²) >= 11 is 0.907. The summed E-state index contributed by atoms with van der Waals surface area (Å²) in [5, 5.41) is 14.4. The molecule has 0 aliphatic carbocycles. The maximum absolute atomic E-state index is 13.8. The number of fused-ring (bicyclic) bond motifs is 2. The Bertz CT molecular complexity index is 1470. The zero-order valence-corrected chi connectivity index (χ0v) is 16.9. The second kappa shape index (κ2) is 7.57. The van der Waals surface area contributed by atoms with Crippen molar-refractivity contribution in [3.63, 3.8) is 0 Å². The van der Waals surface area contributed by atoms with Gasteiger partial charge in [0, 0.05) is 16.3 Å². The van der Waals surface area contributed by atoms with Crippen LogP contribution in [0.5, 0.6) is 0 Å². The fourth-order valence-corrected chi connectivity index (χ4v) is 4.44. The lowest BCUT2D eigenvalue weighted by Crippen LogP contribution is -2.13. The number of aromatic nitrogens is 2. The van der Waals surface area contributed by atoms with Crippen molar-refractivity contribution in [2.45, 2.75) is 6.55 Å². The number of nitrogens with one attached hydrogen (secondary N) is 1. The molecule has 1 amide bonds. The number of hydrogen-bond acceptors (Lipinski definition) is 5. The Labute approximate surface area is 182 Å². The number of thiophene rings is 1. The van der Waals surface area contributed by atoms with Gasteiger partial charge in [-0.1, -0.05) is 30.3 Å². The molecular formula is C22H13F2N3O4S. The van der Waals surface area contributed by atoms with Gasteiger partial charge in [0.15, 0.2) is 5.76 Å². The zero-order chi connectivity index (χ0) is 22.4. The largest absolute Gasteiger partial charge is 0.478 e. The highest BCUT2D eigenvalue weighted by atomic mass is 32.1. The van der Waals surface area contributed by atoms with E-state index in [2.05, 4.69) is 10.3 Å². The fourth-order valence-electron chi connectivity index (χ4n) is 3.52. The van der Waals surface area contributed by atoms with Gasteiger partial charge < -0.3 is 14.8 Å². The van der Waals surface area contributed by atoms with E-state index in [0.717, 1.165) is 11.3 Å². The Morgan fingerprint density at radius 1 is 1.12 bits per heavy atom. The first kappa shape index (κ1) is 19.9. The molecule has 0 spiro atoms. The van der Waals surface area contributed by atoms with Crippen LogP contribution in [0.1, 0.15) is 27.5 Å². The number of carboxylic acids is 1. The Kier molecular flexibility index (Phi) is 4.71. The van der Waals surface area contributed by atoms with Gasteiger partial charge in [0.1, 0.15) is 22.0 Å². The maximum atomic E-state index is 13.8. The van der Waals surface area contributed by atoms with Crippen molar-refractivity contribution in [3.05, 3.63) is 71.3 Å². The van der Waals surface area contributed by atoms with Crippen LogP contribution in [0.2, 0.25) is 0 Å². The number of amides is 1. The van der Waals surface area contributed by atoms with E-state index in [1.165, 1.54) is 17.5 Å². The highest BCUT2D eigenvalue weighted by Gasteiger charge is 2.28. The van der Waals surface area contributed by atoms with Gasteiger partial charge in [-0.25, -0.2) is 9.78 Å². The number of halogens is 2. The number of hydrogen-bond donors (Lipinski definition) is 2. The molecule has 0 atom stereocenters. The van der Waals surface area contributed by atoms with Crippen molar-refractivity contribution in [2.24, 2.45) is 0 Å².